The zero-order chi connectivity index (χ0) is 10.7. The summed E-state index contributed by atoms with van der Waals surface area (Å²) < 4.78 is 5.00. The molecule has 0 spiro atoms. The van der Waals surface area contributed by atoms with E-state index in [0.717, 1.165) is 18.8 Å². The zero-order valence-corrected chi connectivity index (χ0v) is 8.35. The molecule has 1 fully saturated rings. The van der Waals surface area contributed by atoms with Crippen molar-refractivity contribution in [3.05, 3.63) is 18.0 Å². The van der Waals surface area contributed by atoms with E-state index in [1.54, 1.807) is 12.3 Å². The highest BCUT2D eigenvalue weighted by Gasteiger charge is 2.27. The Kier molecular flexibility index (Phi) is 2.98. The number of amides is 1. The molecule has 2 rings (SSSR count). The highest BCUT2D eigenvalue weighted by atomic mass is 16.5. The SMILES string of the molecule is NC(=O)C1CNCCN1Cc1ccno1. The van der Waals surface area contributed by atoms with E-state index in [1.165, 1.54) is 0 Å². The Bertz CT molecular complexity index is 325. The zero-order valence-electron chi connectivity index (χ0n) is 8.35. The van der Waals surface area contributed by atoms with E-state index < -0.39 is 0 Å². The van der Waals surface area contributed by atoms with Gasteiger partial charge < -0.3 is 15.6 Å². The molecular weight excluding hydrogens is 196 g/mol. The molecule has 1 aliphatic rings. The monoisotopic (exact) mass is 210 g/mol. The lowest BCUT2D eigenvalue weighted by Crippen LogP contribution is -2.56. The van der Waals surface area contributed by atoms with Gasteiger partial charge >= 0.3 is 0 Å². The van der Waals surface area contributed by atoms with Crippen molar-refractivity contribution >= 4 is 5.91 Å². The smallest absolute Gasteiger partial charge is 0.236 e. The summed E-state index contributed by atoms with van der Waals surface area (Å²) in [4.78, 5) is 13.2. The van der Waals surface area contributed by atoms with Crippen molar-refractivity contribution in [1.82, 2.24) is 15.4 Å². The molecule has 0 saturated carbocycles. The van der Waals surface area contributed by atoms with Crippen molar-refractivity contribution < 1.29 is 9.32 Å². The molecule has 1 aromatic rings. The van der Waals surface area contributed by atoms with Crippen LogP contribution >= 0.6 is 0 Å². The van der Waals surface area contributed by atoms with E-state index in [4.69, 9.17) is 10.3 Å². The Morgan fingerprint density at radius 1 is 1.80 bits per heavy atom. The second-order valence-electron chi connectivity index (χ2n) is 3.57. The van der Waals surface area contributed by atoms with Gasteiger partial charge in [-0.25, -0.2) is 0 Å². The Morgan fingerprint density at radius 2 is 2.67 bits per heavy atom. The van der Waals surface area contributed by atoms with Crippen LogP contribution in [-0.4, -0.2) is 41.6 Å². The summed E-state index contributed by atoms with van der Waals surface area (Å²) in [5.41, 5.74) is 5.32. The standard InChI is InChI=1S/C9H14N4O2/c10-9(14)8-5-11-3-4-13(8)6-7-1-2-12-15-7/h1-2,8,11H,3-6H2,(H2,10,14). The predicted molar refractivity (Wildman–Crippen MR) is 52.8 cm³/mol. The molecule has 1 amide bonds. The van der Waals surface area contributed by atoms with Crippen LogP contribution in [0.25, 0.3) is 0 Å². The van der Waals surface area contributed by atoms with E-state index in [9.17, 15) is 4.79 Å². The van der Waals surface area contributed by atoms with Gasteiger partial charge in [-0.15, -0.1) is 0 Å². The van der Waals surface area contributed by atoms with Crippen LogP contribution in [0.5, 0.6) is 0 Å². The molecule has 1 unspecified atom stereocenters. The molecule has 0 aliphatic carbocycles. The van der Waals surface area contributed by atoms with E-state index in [0.29, 0.717) is 13.1 Å². The number of carbonyl (C=O) groups is 1. The molecule has 0 bridgehead atoms. The fourth-order valence-corrected chi connectivity index (χ4v) is 1.74. The molecule has 82 valence electrons. The van der Waals surface area contributed by atoms with Crippen LogP contribution < -0.4 is 11.1 Å². The first-order valence-corrected chi connectivity index (χ1v) is 4.91. The summed E-state index contributed by atoms with van der Waals surface area (Å²) in [7, 11) is 0. The minimum atomic E-state index is -0.304. The van der Waals surface area contributed by atoms with Gasteiger partial charge in [0, 0.05) is 25.7 Å². The highest BCUT2D eigenvalue weighted by Crippen LogP contribution is 2.09. The van der Waals surface area contributed by atoms with Crippen LogP contribution in [0.4, 0.5) is 0 Å². The fourth-order valence-electron chi connectivity index (χ4n) is 1.74. The lowest BCUT2D eigenvalue weighted by atomic mass is 10.2. The summed E-state index contributed by atoms with van der Waals surface area (Å²) >= 11 is 0. The Labute approximate surface area is 87.4 Å². The number of aromatic nitrogens is 1. The van der Waals surface area contributed by atoms with Crippen LogP contribution in [0.1, 0.15) is 5.76 Å². The normalized spacial score (nSPS) is 22.8. The number of nitrogens with two attached hydrogens (primary N) is 1. The van der Waals surface area contributed by atoms with Crippen molar-refractivity contribution in [1.29, 1.82) is 0 Å². The Balaban J connectivity index is 2.02. The van der Waals surface area contributed by atoms with Crippen molar-refractivity contribution in [3.63, 3.8) is 0 Å². The number of nitrogens with one attached hydrogen (secondary N) is 1. The van der Waals surface area contributed by atoms with Gasteiger partial charge in [0.15, 0.2) is 5.76 Å². The molecule has 1 atom stereocenters. The van der Waals surface area contributed by atoms with Crippen molar-refractivity contribution in [2.45, 2.75) is 12.6 Å². The Morgan fingerprint density at radius 3 is 3.33 bits per heavy atom. The van der Waals surface area contributed by atoms with Crippen LogP contribution in [0.3, 0.4) is 0 Å². The number of rotatable bonds is 3. The maximum absolute atomic E-state index is 11.2. The first-order chi connectivity index (χ1) is 7.27. The second-order valence-corrected chi connectivity index (χ2v) is 3.57. The predicted octanol–water partition coefficient (Wildman–Crippen LogP) is -1.07. The summed E-state index contributed by atoms with van der Waals surface area (Å²) in [5.74, 6) is 0.449. The van der Waals surface area contributed by atoms with E-state index in [2.05, 4.69) is 10.5 Å². The summed E-state index contributed by atoms with van der Waals surface area (Å²) in [5, 5.41) is 6.76. The maximum Gasteiger partial charge on any atom is 0.236 e. The van der Waals surface area contributed by atoms with Gasteiger partial charge in [-0.1, -0.05) is 5.16 Å². The van der Waals surface area contributed by atoms with E-state index in [-0.39, 0.29) is 11.9 Å². The first kappa shape index (κ1) is 10.1. The van der Waals surface area contributed by atoms with Gasteiger partial charge in [0.2, 0.25) is 5.91 Å². The average Bonchev–Trinajstić information content (AvgIpc) is 2.71. The van der Waals surface area contributed by atoms with Gasteiger partial charge in [-0.2, -0.15) is 0 Å². The maximum atomic E-state index is 11.2. The van der Waals surface area contributed by atoms with Crippen LogP contribution in [0, 0.1) is 0 Å². The van der Waals surface area contributed by atoms with Gasteiger partial charge in [0.25, 0.3) is 0 Å². The number of piperazine rings is 1. The van der Waals surface area contributed by atoms with Gasteiger partial charge in [-0.3, -0.25) is 9.69 Å². The third-order valence-corrected chi connectivity index (χ3v) is 2.53. The van der Waals surface area contributed by atoms with Crippen molar-refractivity contribution in [2.75, 3.05) is 19.6 Å². The highest BCUT2D eigenvalue weighted by molar-refractivity contribution is 5.80. The quantitative estimate of drug-likeness (QED) is 0.664. The minimum absolute atomic E-state index is 0.260. The summed E-state index contributed by atoms with van der Waals surface area (Å²) in [6.07, 6.45) is 1.59. The molecule has 2 heterocycles. The lowest BCUT2D eigenvalue weighted by Gasteiger charge is -2.33. The molecular formula is C9H14N4O2. The summed E-state index contributed by atoms with van der Waals surface area (Å²) in [6.45, 7) is 2.82. The molecule has 1 aromatic heterocycles. The number of primary amides is 1. The van der Waals surface area contributed by atoms with Crippen molar-refractivity contribution in [3.8, 4) is 0 Å². The minimum Gasteiger partial charge on any atom is -0.368 e. The Hall–Kier alpha value is -1.40. The molecule has 1 aliphatic heterocycles. The van der Waals surface area contributed by atoms with Gasteiger partial charge in [-0.05, 0) is 0 Å². The fraction of sp³-hybridized carbons (Fsp3) is 0.556. The summed E-state index contributed by atoms with van der Waals surface area (Å²) in [6, 6.07) is 1.53. The lowest BCUT2D eigenvalue weighted by molar-refractivity contribution is -0.124. The number of hydrogen-bond donors (Lipinski definition) is 2. The third-order valence-electron chi connectivity index (χ3n) is 2.53. The molecule has 1 saturated heterocycles. The first-order valence-electron chi connectivity index (χ1n) is 4.91. The molecule has 6 heteroatoms. The third kappa shape index (κ3) is 2.34. The molecule has 3 N–H and O–H groups in total. The van der Waals surface area contributed by atoms with Crippen molar-refractivity contribution in [2.24, 2.45) is 5.73 Å². The van der Waals surface area contributed by atoms with Gasteiger partial charge in [0.1, 0.15) is 6.04 Å². The topological polar surface area (TPSA) is 84.4 Å². The largest absolute Gasteiger partial charge is 0.368 e. The van der Waals surface area contributed by atoms with E-state index >= 15 is 0 Å². The van der Waals surface area contributed by atoms with E-state index in [1.807, 2.05) is 4.90 Å². The van der Waals surface area contributed by atoms with Gasteiger partial charge in [0.05, 0.1) is 12.7 Å². The van der Waals surface area contributed by atoms with Crippen LogP contribution in [-0.2, 0) is 11.3 Å². The molecule has 15 heavy (non-hydrogen) atoms. The molecule has 6 nitrogen and oxygen atoms in total. The van der Waals surface area contributed by atoms with Crippen LogP contribution in [0.15, 0.2) is 16.8 Å². The number of nitrogens with zero attached hydrogens (tertiary/aromatic N) is 2. The second kappa shape index (κ2) is 4.41. The number of carbonyl (C=O) groups excluding carboxylic acids is 1. The molecule has 0 radical (unpaired) electrons. The average molecular weight is 210 g/mol. The number of hydrogen-bond acceptors (Lipinski definition) is 5. The molecule has 0 aromatic carbocycles. The van der Waals surface area contributed by atoms with Crippen LogP contribution in [0.2, 0.25) is 0 Å².